The summed E-state index contributed by atoms with van der Waals surface area (Å²) in [6.45, 7) is 5.77. The van der Waals surface area contributed by atoms with Crippen molar-refractivity contribution >= 4 is 15.9 Å². The van der Waals surface area contributed by atoms with Gasteiger partial charge >= 0.3 is 0 Å². The number of nitrogens with zero attached hydrogens (tertiary/aromatic N) is 2. The van der Waals surface area contributed by atoms with Crippen molar-refractivity contribution in [1.82, 2.24) is 9.21 Å². The summed E-state index contributed by atoms with van der Waals surface area (Å²) in [7, 11) is -3.52. The molecular weight excluding hydrogens is 408 g/mol. The van der Waals surface area contributed by atoms with E-state index in [9.17, 15) is 13.2 Å². The summed E-state index contributed by atoms with van der Waals surface area (Å²) >= 11 is 0. The van der Waals surface area contributed by atoms with E-state index >= 15 is 0 Å². The van der Waals surface area contributed by atoms with Crippen LogP contribution < -0.4 is 0 Å². The van der Waals surface area contributed by atoms with Crippen LogP contribution in [0, 0.1) is 5.92 Å². The number of sulfonamides is 1. The molecular formula is C25H32N2O3S. The highest BCUT2D eigenvalue weighted by Gasteiger charge is 2.37. The Morgan fingerprint density at radius 2 is 1.55 bits per heavy atom. The van der Waals surface area contributed by atoms with Gasteiger partial charge in [-0.25, -0.2) is 8.42 Å². The summed E-state index contributed by atoms with van der Waals surface area (Å²) in [5.74, 6) is 0.451. The molecule has 4 rings (SSSR count). The molecule has 1 amide bonds. The highest BCUT2D eigenvalue weighted by Crippen LogP contribution is 2.35. The highest BCUT2D eigenvalue weighted by atomic mass is 32.2. The molecule has 2 fully saturated rings. The van der Waals surface area contributed by atoms with Crippen LogP contribution in [0.1, 0.15) is 62.6 Å². The molecule has 31 heavy (non-hydrogen) atoms. The van der Waals surface area contributed by atoms with Gasteiger partial charge < -0.3 is 4.90 Å². The normalized spacial score (nSPS) is 21.0. The maximum atomic E-state index is 13.3. The predicted octanol–water partition coefficient (Wildman–Crippen LogP) is 4.57. The van der Waals surface area contributed by atoms with E-state index in [0.29, 0.717) is 36.7 Å². The largest absolute Gasteiger partial charge is 0.335 e. The minimum atomic E-state index is -3.52. The van der Waals surface area contributed by atoms with E-state index < -0.39 is 10.0 Å². The Morgan fingerprint density at radius 3 is 2.16 bits per heavy atom. The van der Waals surface area contributed by atoms with E-state index in [0.717, 1.165) is 24.9 Å². The molecule has 0 aromatic heterocycles. The first-order valence-corrected chi connectivity index (χ1v) is 12.8. The lowest BCUT2D eigenvalue weighted by Crippen LogP contribution is -2.44. The minimum Gasteiger partial charge on any atom is -0.335 e. The fraction of sp³-hybridized carbons (Fsp3) is 0.480. The van der Waals surface area contributed by atoms with Gasteiger partial charge in [-0.3, -0.25) is 4.79 Å². The SMILES string of the molecule is CC(C)c1ccc(S(=O)(=O)N2CCC(C(=O)N3CCC[C@H]3c3ccccc3)CC2)cc1. The minimum absolute atomic E-state index is 0.0981. The number of hydrogen-bond acceptors (Lipinski definition) is 3. The average Bonchev–Trinajstić information content (AvgIpc) is 3.29. The van der Waals surface area contributed by atoms with Crippen LogP contribution in [0.3, 0.4) is 0 Å². The molecule has 2 aromatic carbocycles. The van der Waals surface area contributed by atoms with Crippen LogP contribution in [0.2, 0.25) is 0 Å². The van der Waals surface area contributed by atoms with E-state index in [1.807, 2.05) is 35.2 Å². The Labute approximate surface area is 186 Å². The van der Waals surface area contributed by atoms with Crippen LogP contribution in [0.15, 0.2) is 59.5 Å². The Hall–Kier alpha value is -2.18. The van der Waals surface area contributed by atoms with Crippen LogP contribution in [0.25, 0.3) is 0 Å². The zero-order valence-electron chi connectivity index (χ0n) is 18.4. The second kappa shape index (κ2) is 9.13. The molecule has 6 heteroatoms. The molecule has 2 aliphatic rings. The molecule has 0 N–H and O–H groups in total. The van der Waals surface area contributed by atoms with Gasteiger partial charge in [0.25, 0.3) is 0 Å². The van der Waals surface area contributed by atoms with Gasteiger partial charge in [-0.15, -0.1) is 0 Å². The number of rotatable bonds is 5. The van der Waals surface area contributed by atoms with E-state index in [2.05, 4.69) is 26.0 Å². The van der Waals surface area contributed by atoms with Crippen LogP contribution in [0.4, 0.5) is 0 Å². The first kappa shape index (κ1) is 22.0. The van der Waals surface area contributed by atoms with Gasteiger partial charge in [0.2, 0.25) is 15.9 Å². The third-order valence-electron chi connectivity index (χ3n) is 6.71. The number of carbonyl (C=O) groups excluding carboxylic acids is 1. The zero-order valence-corrected chi connectivity index (χ0v) is 19.2. The molecule has 2 saturated heterocycles. The number of amides is 1. The summed E-state index contributed by atoms with van der Waals surface area (Å²) in [4.78, 5) is 15.6. The van der Waals surface area contributed by atoms with Gasteiger partial charge in [0, 0.05) is 25.6 Å². The average molecular weight is 441 g/mol. The van der Waals surface area contributed by atoms with Crippen LogP contribution in [-0.2, 0) is 14.8 Å². The Balaban J connectivity index is 1.40. The molecule has 0 unspecified atom stereocenters. The first-order chi connectivity index (χ1) is 14.9. The topological polar surface area (TPSA) is 57.7 Å². The maximum absolute atomic E-state index is 13.3. The van der Waals surface area contributed by atoms with Crippen molar-refractivity contribution in [3.8, 4) is 0 Å². The Morgan fingerprint density at radius 1 is 0.903 bits per heavy atom. The third kappa shape index (κ3) is 4.55. The molecule has 166 valence electrons. The zero-order chi connectivity index (χ0) is 22.0. The van der Waals surface area contributed by atoms with E-state index in [1.165, 1.54) is 5.56 Å². The first-order valence-electron chi connectivity index (χ1n) is 11.3. The van der Waals surface area contributed by atoms with Crippen molar-refractivity contribution in [2.45, 2.75) is 56.4 Å². The summed E-state index contributed by atoms with van der Waals surface area (Å²) in [5.41, 5.74) is 2.32. The highest BCUT2D eigenvalue weighted by molar-refractivity contribution is 7.89. The molecule has 0 spiro atoms. The van der Waals surface area contributed by atoms with E-state index in [4.69, 9.17) is 0 Å². The van der Waals surface area contributed by atoms with Crippen LogP contribution in [0.5, 0.6) is 0 Å². The third-order valence-corrected chi connectivity index (χ3v) is 8.62. The van der Waals surface area contributed by atoms with Gasteiger partial charge in [0.1, 0.15) is 0 Å². The summed E-state index contributed by atoms with van der Waals surface area (Å²) in [6, 6.07) is 17.6. The van der Waals surface area contributed by atoms with Gasteiger partial charge in [0.05, 0.1) is 10.9 Å². The van der Waals surface area contributed by atoms with E-state index in [-0.39, 0.29) is 17.9 Å². The van der Waals surface area contributed by atoms with Crippen molar-refractivity contribution in [3.05, 3.63) is 65.7 Å². The lowest BCUT2D eigenvalue weighted by molar-refractivity contribution is -0.137. The van der Waals surface area contributed by atoms with Crippen molar-refractivity contribution in [1.29, 1.82) is 0 Å². The summed E-state index contributed by atoms with van der Waals surface area (Å²) in [6.07, 6.45) is 3.18. The van der Waals surface area contributed by atoms with Gasteiger partial charge in [-0.05, 0) is 54.9 Å². The van der Waals surface area contributed by atoms with Gasteiger partial charge in [-0.1, -0.05) is 56.3 Å². The standard InChI is InChI=1S/C25H32N2O3S/c1-19(2)20-10-12-23(13-11-20)31(29,30)26-17-14-22(15-18-26)25(28)27-16-6-9-24(27)21-7-4-3-5-8-21/h3-5,7-8,10-13,19,22,24H,6,9,14-18H2,1-2H3/t24-/m0/s1. The quantitative estimate of drug-likeness (QED) is 0.684. The molecule has 0 aliphatic carbocycles. The monoisotopic (exact) mass is 440 g/mol. The summed E-state index contributed by atoms with van der Waals surface area (Å²) in [5, 5.41) is 0. The Kier molecular flexibility index (Phi) is 6.49. The van der Waals surface area contributed by atoms with Crippen LogP contribution in [-0.4, -0.2) is 43.2 Å². The molecule has 2 aromatic rings. The maximum Gasteiger partial charge on any atom is 0.243 e. The number of hydrogen-bond donors (Lipinski definition) is 0. The number of benzene rings is 2. The molecule has 1 atom stereocenters. The predicted molar refractivity (Wildman–Crippen MR) is 122 cm³/mol. The van der Waals surface area contributed by atoms with Crippen LogP contribution >= 0.6 is 0 Å². The van der Waals surface area contributed by atoms with E-state index in [1.54, 1.807) is 16.4 Å². The lowest BCUT2D eigenvalue weighted by Gasteiger charge is -2.34. The second-order valence-corrected chi connectivity index (χ2v) is 10.9. The van der Waals surface area contributed by atoms with Gasteiger partial charge in [-0.2, -0.15) is 4.31 Å². The van der Waals surface area contributed by atoms with Gasteiger partial charge in [0.15, 0.2) is 0 Å². The second-order valence-electron chi connectivity index (χ2n) is 9.00. The lowest BCUT2D eigenvalue weighted by atomic mass is 9.95. The molecule has 0 saturated carbocycles. The van der Waals surface area contributed by atoms with Crippen molar-refractivity contribution in [2.24, 2.45) is 5.92 Å². The number of piperidine rings is 1. The van der Waals surface area contributed by atoms with Crippen molar-refractivity contribution in [3.63, 3.8) is 0 Å². The Bertz CT molecular complexity index is 995. The molecule has 5 nitrogen and oxygen atoms in total. The molecule has 0 bridgehead atoms. The summed E-state index contributed by atoms with van der Waals surface area (Å²) < 4.78 is 27.7. The van der Waals surface area contributed by atoms with Crippen molar-refractivity contribution in [2.75, 3.05) is 19.6 Å². The number of likely N-dealkylation sites (tertiary alicyclic amines) is 1. The fourth-order valence-corrected chi connectivity index (χ4v) is 6.27. The fourth-order valence-electron chi connectivity index (χ4n) is 4.80. The molecule has 2 aliphatic heterocycles. The molecule has 0 radical (unpaired) electrons. The smallest absolute Gasteiger partial charge is 0.243 e. The van der Waals surface area contributed by atoms with Crippen molar-refractivity contribution < 1.29 is 13.2 Å². The number of carbonyl (C=O) groups is 1. The molecule has 2 heterocycles.